The van der Waals surface area contributed by atoms with Crippen molar-refractivity contribution in [2.75, 3.05) is 33.3 Å². The van der Waals surface area contributed by atoms with Crippen LogP contribution in [0.1, 0.15) is 18.0 Å². The Hall–Kier alpha value is -3.07. The van der Waals surface area contributed by atoms with Crippen molar-refractivity contribution in [3.63, 3.8) is 0 Å². The highest BCUT2D eigenvalue weighted by atomic mass is 19.1. The number of halogens is 1. The van der Waals surface area contributed by atoms with Crippen LogP contribution in [0.15, 0.2) is 36.7 Å². The fourth-order valence-corrected chi connectivity index (χ4v) is 3.55. The molecule has 0 saturated carbocycles. The summed E-state index contributed by atoms with van der Waals surface area (Å²) in [6, 6.07) is 5.55. The minimum Gasteiger partial charge on any atom is -0.484 e. The Morgan fingerprint density at radius 3 is 2.83 bits per heavy atom. The van der Waals surface area contributed by atoms with Crippen LogP contribution in [0.2, 0.25) is 0 Å². The van der Waals surface area contributed by atoms with E-state index in [1.54, 1.807) is 17.1 Å². The fraction of sp³-hybridized carbons (Fsp3) is 0.400. The van der Waals surface area contributed by atoms with Crippen molar-refractivity contribution in [3.8, 4) is 5.75 Å². The van der Waals surface area contributed by atoms with E-state index in [-0.39, 0.29) is 18.3 Å². The third-order valence-corrected chi connectivity index (χ3v) is 5.00. The van der Waals surface area contributed by atoms with Crippen LogP contribution in [0.25, 0.3) is 11.2 Å². The third-order valence-electron chi connectivity index (χ3n) is 5.00. The van der Waals surface area contributed by atoms with Crippen LogP contribution in [0.3, 0.4) is 0 Å². The first-order valence-electron chi connectivity index (χ1n) is 9.61. The Morgan fingerprint density at radius 1 is 1.28 bits per heavy atom. The first kappa shape index (κ1) is 19.3. The summed E-state index contributed by atoms with van der Waals surface area (Å²) >= 11 is 0. The zero-order valence-corrected chi connectivity index (χ0v) is 16.2. The molecule has 4 rings (SSSR count). The fourth-order valence-electron chi connectivity index (χ4n) is 3.55. The van der Waals surface area contributed by atoms with Crippen molar-refractivity contribution in [3.05, 3.63) is 48.2 Å². The quantitative estimate of drug-likeness (QED) is 0.651. The number of rotatable bonds is 7. The second kappa shape index (κ2) is 8.52. The molecule has 1 amide bonds. The minimum absolute atomic E-state index is 0.134. The summed E-state index contributed by atoms with van der Waals surface area (Å²) in [7, 11) is 2.11. The molecule has 0 unspecified atom stereocenters. The predicted octanol–water partition coefficient (Wildman–Crippen LogP) is 1.58. The van der Waals surface area contributed by atoms with E-state index in [1.165, 1.54) is 24.3 Å². The average Bonchev–Trinajstić information content (AvgIpc) is 3.31. The normalized spacial score (nSPS) is 17.0. The van der Waals surface area contributed by atoms with Crippen molar-refractivity contribution < 1.29 is 13.9 Å². The zero-order chi connectivity index (χ0) is 20.2. The molecule has 0 radical (unpaired) electrons. The van der Waals surface area contributed by atoms with E-state index in [4.69, 9.17) is 9.84 Å². The maximum atomic E-state index is 12.9. The van der Waals surface area contributed by atoms with Gasteiger partial charge in [0.15, 0.2) is 12.3 Å². The number of carbonyl (C=O) groups excluding carboxylic acids is 1. The van der Waals surface area contributed by atoms with Gasteiger partial charge in [0.2, 0.25) is 0 Å². The lowest BCUT2D eigenvalue weighted by atomic mass is 10.0. The highest BCUT2D eigenvalue weighted by Crippen LogP contribution is 2.29. The lowest BCUT2D eigenvalue weighted by molar-refractivity contribution is -0.123. The molecular formula is C20H23FN6O2. The SMILES string of the molecule is CN1CC[C@H](c2nn(CCNC(=O)COc3ccc(F)cc3)c3nccnc23)C1. The molecule has 1 aliphatic rings. The zero-order valence-electron chi connectivity index (χ0n) is 16.2. The van der Waals surface area contributed by atoms with Crippen LogP contribution in [-0.4, -0.2) is 63.8 Å². The molecule has 1 N–H and O–H groups in total. The molecule has 0 bridgehead atoms. The summed E-state index contributed by atoms with van der Waals surface area (Å²) in [5, 5.41) is 7.56. The van der Waals surface area contributed by atoms with E-state index < -0.39 is 0 Å². The number of fused-ring (bicyclic) bond motifs is 1. The van der Waals surface area contributed by atoms with Crippen LogP contribution in [0.5, 0.6) is 5.75 Å². The molecule has 1 aromatic carbocycles. The maximum Gasteiger partial charge on any atom is 0.258 e. The van der Waals surface area contributed by atoms with Gasteiger partial charge in [0, 0.05) is 31.4 Å². The molecule has 3 heterocycles. The number of carbonyl (C=O) groups is 1. The number of nitrogens with one attached hydrogen (secondary N) is 1. The number of hydrogen-bond donors (Lipinski definition) is 1. The minimum atomic E-state index is -0.347. The standard InChI is InChI=1S/C20H23FN6O2/c1-26-10-6-14(12-26)18-19-20(24-8-7-23-19)27(25-18)11-9-22-17(28)13-29-16-4-2-15(21)3-5-16/h2-5,7-8,14H,6,9-13H2,1H3,(H,22,28)/t14-/m0/s1. The van der Waals surface area contributed by atoms with Gasteiger partial charge in [0.1, 0.15) is 17.1 Å². The van der Waals surface area contributed by atoms with E-state index in [2.05, 4.69) is 27.2 Å². The first-order chi connectivity index (χ1) is 14.1. The van der Waals surface area contributed by atoms with E-state index in [0.29, 0.717) is 24.8 Å². The number of ether oxygens (including phenoxy) is 1. The molecule has 0 aliphatic carbocycles. The Kier molecular flexibility index (Phi) is 5.66. The number of amides is 1. The Labute approximate surface area is 167 Å². The Balaban J connectivity index is 1.34. The molecular weight excluding hydrogens is 375 g/mol. The van der Waals surface area contributed by atoms with Gasteiger partial charge < -0.3 is 15.0 Å². The molecule has 2 aromatic heterocycles. The first-order valence-corrected chi connectivity index (χ1v) is 9.61. The number of hydrogen-bond acceptors (Lipinski definition) is 6. The van der Waals surface area contributed by atoms with Crippen molar-refractivity contribution in [1.29, 1.82) is 0 Å². The van der Waals surface area contributed by atoms with Gasteiger partial charge in [-0.15, -0.1) is 0 Å². The van der Waals surface area contributed by atoms with Crippen LogP contribution < -0.4 is 10.1 Å². The van der Waals surface area contributed by atoms with Gasteiger partial charge in [-0.3, -0.25) is 4.79 Å². The molecule has 1 atom stereocenters. The van der Waals surface area contributed by atoms with E-state index in [0.717, 1.165) is 36.4 Å². The number of benzene rings is 1. The van der Waals surface area contributed by atoms with Crippen molar-refractivity contribution in [2.45, 2.75) is 18.9 Å². The van der Waals surface area contributed by atoms with E-state index in [9.17, 15) is 9.18 Å². The number of aromatic nitrogens is 4. The second-order valence-corrected chi connectivity index (χ2v) is 7.18. The van der Waals surface area contributed by atoms with Gasteiger partial charge in [-0.25, -0.2) is 19.0 Å². The topological polar surface area (TPSA) is 85.2 Å². The van der Waals surface area contributed by atoms with E-state index >= 15 is 0 Å². The van der Waals surface area contributed by atoms with Crippen molar-refractivity contribution >= 4 is 17.1 Å². The van der Waals surface area contributed by atoms with Gasteiger partial charge in [0.05, 0.1) is 12.2 Å². The van der Waals surface area contributed by atoms with Gasteiger partial charge in [-0.2, -0.15) is 5.10 Å². The van der Waals surface area contributed by atoms with Crippen LogP contribution >= 0.6 is 0 Å². The van der Waals surface area contributed by atoms with Gasteiger partial charge in [-0.05, 0) is 44.3 Å². The smallest absolute Gasteiger partial charge is 0.258 e. The van der Waals surface area contributed by atoms with Crippen molar-refractivity contribution in [2.24, 2.45) is 0 Å². The molecule has 152 valence electrons. The number of likely N-dealkylation sites (tertiary alicyclic amines) is 1. The summed E-state index contributed by atoms with van der Waals surface area (Å²) in [5.74, 6) is 0.190. The molecule has 1 saturated heterocycles. The summed E-state index contributed by atoms with van der Waals surface area (Å²) in [4.78, 5) is 23.2. The van der Waals surface area contributed by atoms with E-state index in [1.807, 2.05) is 0 Å². The van der Waals surface area contributed by atoms with Crippen molar-refractivity contribution in [1.82, 2.24) is 30.0 Å². The Morgan fingerprint density at radius 2 is 2.07 bits per heavy atom. The molecule has 1 aliphatic heterocycles. The van der Waals surface area contributed by atoms with Crippen LogP contribution in [0, 0.1) is 5.82 Å². The molecule has 8 nitrogen and oxygen atoms in total. The summed E-state index contributed by atoms with van der Waals surface area (Å²) in [5.41, 5.74) is 2.54. The van der Waals surface area contributed by atoms with Gasteiger partial charge in [-0.1, -0.05) is 0 Å². The van der Waals surface area contributed by atoms with Crippen LogP contribution in [-0.2, 0) is 11.3 Å². The molecule has 1 fully saturated rings. The highest BCUT2D eigenvalue weighted by molar-refractivity contribution is 5.77. The molecule has 3 aromatic rings. The monoisotopic (exact) mass is 398 g/mol. The predicted molar refractivity (Wildman–Crippen MR) is 105 cm³/mol. The average molecular weight is 398 g/mol. The second-order valence-electron chi connectivity index (χ2n) is 7.18. The molecule has 0 spiro atoms. The number of likely N-dealkylation sites (N-methyl/N-ethyl adjacent to an activating group) is 1. The summed E-state index contributed by atoms with van der Waals surface area (Å²) in [6.07, 6.45) is 4.39. The number of nitrogens with zero attached hydrogens (tertiary/aromatic N) is 5. The highest BCUT2D eigenvalue weighted by Gasteiger charge is 2.27. The van der Waals surface area contributed by atoms with Crippen LogP contribution in [0.4, 0.5) is 4.39 Å². The van der Waals surface area contributed by atoms with Gasteiger partial charge in [0.25, 0.3) is 5.91 Å². The summed E-state index contributed by atoms with van der Waals surface area (Å²) < 4.78 is 20.0. The molecule has 29 heavy (non-hydrogen) atoms. The maximum absolute atomic E-state index is 12.9. The molecule has 9 heteroatoms. The Bertz CT molecular complexity index is 990. The van der Waals surface area contributed by atoms with Gasteiger partial charge >= 0.3 is 0 Å². The summed E-state index contributed by atoms with van der Waals surface area (Å²) in [6.45, 7) is 2.75. The lowest BCUT2D eigenvalue weighted by Crippen LogP contribution is -2.31. The lowest BCUT2D eigenvalue weighted by Gasteiger charge is -2.08. The third kappa shape index (κ3) is 4.51. The largest absolute Gasteiger partial charge is 0.484 e.